The maximum absolute atomic E-state index is 12.9. The third-order valence-electron chi connectivity index (χ3n) is 2.36. The Balaban J connectivity index is 1.76. The van der Waals surface area contributed by atoms with E-state index in [1.807, 2.05) is 6.92 Å². The zero-order valence-electron chi connectivity index (χ0n) is 10.4. The average Bonchev–Trinajstić information content (AvgIpc) is 2.75. The zero-order valence-corrected chi connectivity index (χ0v) is 11.3. The molecule has 0 saturated carbocycles. The van der Waals surface area contributed by atoms with Crippen LogP contribution in [0.15, 0.2) is 30.5 Å². The predicted octanol–water partition coefficient (Wildman–Crippen LogP) is 2.32. The highest BCUT2D eigenvalue weighted by Gasteiger charge is 2.03. The highest BCUT2D eigenvalue weighted by atomic mass is 32.1. The smallest absolute Gasteiger partial charge is 0.238 e. The Morgan fingerprint density at radius 2 is 2.32 bits per heavy atom. The molecular formula is C13H14FN3OS. The van der Waals surface area contributed by atoms with Crippen molar-refractivity contribution >= 4 is 22.9 Å². The number of aromatic nitrogens is 1. The fourth-order valence-electron chi connectivity index (χ4n) is 1.56. The lowest BCUT2D eigenvalue weighted by atomic mass is 10.3. The molecule has 0 spiro atoms. The van der Waals surface area contributed by atoms with Gasteiger partial charge in [-0.05, 0) is 25.1 Å². The van der Waals surface area contributed by atoms with Crippen molar-refractivity contribution < 1.29 is 9.18 Å². The van der Waals surface area contributed by atoms with Gasteiger partial charge in [-0.25, -0.2) is 9.37 Å². The van der Waals surface area contributed by atoms with Crippen LogP contribution in [-0.2, 0) is 11.3 Å². The van der Waals surface area contributed by atoms with Gasteiger partial charge in [0.15, 0.2) is 0 Å². The molecule has 0 atom stereocenters. The van der Waals surface area contributed by atoms with E-state index in [9.17, 15) is 9.18 Å². The van der Waals surface area contributed by atoms with Crippen LogP contribution in [-0.4, -0.2) is 17.4 Å². The highest BCUT2D eigenvalue weighted by molar-refractivity contribution is 7.11. The number of hydrogen-bond donors (Lipinski definition) is 2. The van der Waals surface area contributed by atoms with Gasteiger partial charge in [-0.2, -0.15) is 0 Å². The van der Waals surface area contributed by atoms with E-state index in [4.69, 9.17) is 0 Å². The van der Waals surface area contributed by atoms with Crippen LogP contribution in [0, 0.1) is 12.7 Å². The molecule has 4 nitrogen and oxygen atoms in total. The van der Waals surface area contributed by atoms with E-state index >= 15 is 0 Å². The summed E-state index contributed by atoms with van der Waals surface area (Å²) in [6.07, 6.45) is 1.79. The third-order valence-corrected chi connectivity index (χ3v) is 3.28. The molecule has 1 heterocycles. The van der Waals surface area contributed by atoms with E-state index in [-0.39, 0.29) is 18.3 Å². The molecule has 100 valence electrons. The summed E-state index contributed by atoms with van der Waals surface area (Å²) in [6.45, 7) is 2.71. The predicted molar refractivity (Wildman–Crippen MR) is 73.6 cm³/mol. The van der Waals surface area contributed by atoms with Crippen molar-refractivity contribution in [2.24, 2.45) is 0 Å². The van der Waals surface area contributed by atoms with Gasteiger partial charge in [-0.3, -0.25) is 4.79 Å². The van der Waals surface area contributed by atoms with Crippen LogP contribution in [0.25, 0.3) is 0 Å². The first-order valence-electron chi connectivity index (χ1n) is 5.81. The molecule has 1 aromatic carbocycles. The zero-order chi connectivity index (χ0) is 13.7. The minimum absolute atomic E-state index is 0.174. The number of benzene rings is 1. The Bertz CT molecular complexity index is 571. The van der Waals surface area contributed by atoms with Gasteiger partial charge in [0.25, 0.3) is 0 Å². The lowest BCUT2D eigenvalue weighted by Crippen LogP contribution is -2.27. The normalized spacial score (nSPS) is 10.4. The lowest BCUT2D eigenvalue weighted by Gasteiger charge is -2.05. The number of nitrogens with zero attached hydrogens (tertiary/aromatic N) is 1. The van der Waals surface area contributed by atoms with Crippen LogP contribution in [0.1, 0.15) is 9.88 Å². The fourth-order valence-corrected chi connectivity index (χ4v) is 2.32. The van der Waals surface area contributed by atoms with E-state index < -0.39 is 0 Å². The largest absolute Gasteiger partial charge is 0.325 e. The van der Waals surface area contributed by atoms with Gasteiger partial charge < -0.3 is 10.6 Å². The highest BCUT2D eigenvalue weighted by Crippen LogP contribution is 2.11. The minimum Gasteiger partial charge on any atom is -0.325 e. The SMILES string of the molecule is Cc1ncc(CNCC(=O)Nc2cccc(F)c2)s1. The van der Waals surface area contributed by atoms with Crippen LogP contribution in [0.2, 0.25) is 0 Å². The first-order chi connectivity index (χ1) is 9.13. The molecule has 0 radical (unpaired) electrons. The topological polar surface area (TPSA) is 54.0 Å². The van der Waals surface area contributed by atoms with Gasteiger partial charge in [0, 0.05) is 23.3 Å². The van der Waals surface area contributed by atoms with E-state index in [0.29, 0.717) is 12.2 Å². The minimum atomic E-state index is -0.370. The molecule has 0 aliphatic heterocycles. The summed E-state index contributed by atoms with van der Waals surface area (Å²) >= 11 is 1.59. The molecule has 2 N–H and O–H groups in total. The molecule has 1 aromatic heterocycles. The van der Waals surface area contributed by atoms with Crippen molar-refractivity contribution in [3.63, 3.8) is 0 Å². The number of rotatable bonds is 5. The molecule has 0 aliphatic rings. The van der Waals surface area contributed by atoms with Gasteiger partial charge in [-0.1, -0.05) is 6.07 Å². The molecule has 19 heavy (non-hydrogen) atoms. The Kier molecular flexibility index (Phi) is 4.59. The standard InChI is InChI=1S/C13H14FN3OS/c1-9-16-7-12(19-9)6-15-8-13(18)17-11-4-2-3-10(14)5-11/h2-5,7,15H,6,8H2,1H3,(H,17,18). The number of anilines is 1. The van der Waals surface area contributed by atoms with Crippen molar-refractivity contribution in [3.05, 3.63) is 46.2 Å². The first kappa shape index (κ1) is 13.6. The Hall–Kier alpha value is -1.79. The maximum Gasteiger partial charge on any atom is 0.238 e. The molecule has 0 saturated heterocycles. The van der Waals surface area contributed by atoms with Gasteiger partial charge in [0.05, 0.1) is 11.6 Å². The molecule has 0 fully saturated rings. The van der Waals surface area contributed by atoms with Gasteiger partial charge >= 0.3 is 0 Å². The summed E-state index contributed by atoms with van der Waals surface area (Å²) in [6, 6.07) is 5.82. The number of nitrogens with one attached hydrogen (secondary N) is 2. The van der Waals surface area contributed by atoms with Gasteiger partial charge in [0.2, 0.25) is 5.91 Å². The summed E-state index contributed by atoms with van der Waals surface area (Å²) in [4.78, 5) is 16.8. The summed E-state index contributed by atoms with van der Waals surface area (Å²) in [5, 5.41) is 6.64. The molecule has 2 rings (SSSR count). The Morgan fingerprint density at radius 1 is 1.47 bits per heavy atom. The molecule has 6 heteroatoms. The number of halogens is 1. The number of carbonyl (C=O) groups excluding carboxylic acids is 1. The molecule has 1 amide bonds. The first-order valence-corrected chi connectivity index (χ1v) is 6.62. The fraction of sp³-hybridized carbons (Fsp3) is 0.231. The summed E-state index contributed by atoms with van der Waals surface area (Å²) in [5.41, 5.74) is 0.459. The van der Waals surface area contributed by atoms with E-state index in [1.165, 1.54) is 12.1 Å². The molecular weight excluding hydrogens is 265 g/mol. The van der Waals surface area contributed by atoms with Crippen molar-refractivity contribution in [3.8, 4) is 0 Å². The second-order valence-corrected chi connectivity index (χ2v) is 5.33. The number of hydrogen-bond acceptors (Lipinski definition) is 4. The monoisotopic (exact) mass is 279 g/mol. The summed E-state index contributed by atoms with van der Waals surface area (Å²) in [7, 11) is 0. The van der Waals surface area contributed by atoms with Crippen molar-refractivity contribution in [1.29, 1.82) is 0 Å². The maximum atomic E-state index is 12.9. The van der Waals surface area contributed by atoms with E-state index in [2.05, 4.69) is 15.6 Å². The van der Waals surface area contributed by atoms with Crippen molar-refractivity contribution in [1.82, 2.24) is 10.3 Å². The number of carbonyl (C=O) groups is 1. The summed E-state index contributed by atoms with van der Waals surface area (Å²) in [5.74, 6) is -0.572. The number of aryl methyl sites for hydroxylation is 1. The molecule has 0 bridgehead atoms. The van der Waals surface area contributed by atoms with Crippen LogP contribution in [0.4, 0.5) is 10.1 Å². The third kappa shape index (κ3) is 4.42. The van der Waals surface area contributed by atoms with Gasteiger partial charge in [-0.15, -0.1) is 11.3 Å². The second kappa shape index (κ2) is 6.40. The summed E-state index contributed by atoms with van der Waals surface area (Å²) < 4.78 is 12.9. The molecule has 2 aromatic rings. The Labute approximate surface area is 114 Å². The van der Waals surface area contributed by atoms with Crippen molar-refractivity contribution in [2.75, 3.05) is 11.9 Å². The van der Waals surface area contributed by atoms with Crippen LogP contribution < -0.4 is 10.6 Å². The van der Waals surface area contributed by atoms with Crippen LogP contribution in [0.3, 0.4) is 0 Å². The van der Waals surface area contributed by atoms with E-state index in [0.717, 1.165) is 9.88 Å². The number of thiazole rings is 1. The van der Waals surface area contributed by atoms with Gasteiger partial charge in [0.1, 0.15) is 5.82 Å². The lowest BCUT2D eigenvalue weighted by molar-refractivity contribution is -0.115. The number of amides is 1. The molecule has 0 unspecified atom stereocenters. The Morgan fingerprint density at radius 3 is 3.00 bits per heavy atom. The van der Waals surface area contributed by atoms with E-state index in [1.54, 1.807) is 29.7 Å². The quantitative estimate of drug-likeness (QED) is 0.883. The van der Waals surface area contributed by atoms with Crippen LogP contribution in [0.5, 0.6) is 0 Å². The van der Waals surface area contributed by atoms with Crippen molar-refractivity contribution in [2.45, 2.75) is 13.5 Å². The second-order valence-electron chi connectivity index (χ2n) is 4.01. The van der Waals surface area contributed by atoms with Crippen LogP contribution >= 0.6 is 11.3 Å². The molecule has 0 aliphatic carbocycles. The average molecular weight is 279 g/mol.